The molecule has 3 rings (SSSR count). The van der Waals surface area contributed by atoms with E-state index in [9.17, 15) is 14.4 Å². The van der Waals surface area contributed by atoms with Crippen LogP contribution in [0.2, 0.25) is 0 Å². The quantitative estimate of drug-likeness (QED) is 0.755. The Morgan fingerprint density at radius 2 is 1.50 bits per heavy atom. The number of amides is 3. The lowest BCUT2D eigenvalue weighted by atomic mass is 9.98. The summed E-state index contributed by atoms with van der Waals surface area (Å²) >= 11 is 0. The van der Waals surface area contributed by atoms with Gasteiger partial charge in [0, 0.05) is 5.92 Å². The largest absolute Gasteiger partial charge is 0.453 e. The molecule has 0 heterocycles. The van der Waals surface area contributed by atoms with Crippen LogP contribution in [0.1, 0.15) is 37.3 Å². The highest BCUT2D eigenvalue weighted by Gasteiger charge is 2.30. The predicted octanol–water partition coefficient (Wildman–Crippen LogP) is 3.82. The van der Waals surface area contributed by atoms with Crippen LogP contribution in [-0.2, 0) is 14.3 Å². The number of methoxy groups -OCH3 is 1. The summed E-state index contributed by atoms with van der Waals surface area (Å²) in [5.74, 6) is -0.591. The Bertz CT molecular complexity index is 895. The zero-order chi connectivity index (χ0) is 21.7. The van der Waals surface area contributed by atoms with Crippen LogP contribution in [0, 0.1) is 5.92 Å². The number of imide groups is 1. The summed E-state index contributed by atoms with van der Waals surface area (Å²) < 4.78 is 9.93. The Balaban J connectivity index is 1.67. The van der Waals surface area contributed by atoms with Gasteiger partial charge in [0.1, 0.15) is 12.6 Å². The highest BCUT2D eigenvalue weighted by Crippen LogP contribution is 2.44. The van der Waals surface area contributed by atoms with Gasteiger partial charge >= 0.3 is 12.2 Å². The van der Waals surface area contributed by atoms with Gasteiger partial charge in [0.15, 0.2) is 0 Å². The molecule has 2 aromatic rings. The molecular weight excluding hydrogens is 384 g/mol. The van der Waals surface area contributed by atoms with Crippen molar-refractivity contribution in [2.75, 3.05) is 13.7 Å². The number of hydrogen-bond acceptors (Lipinski definition) is 5. The molecular formula is C23H26N2O5. The smallest absolute Gasteiger partial charge is 0.413 e. The van der Waals surface area contributed by atoms with Crippen molar-refractivity contribution in [3.05, 3.63) is 59.7 Å². The van der Waals surface area contributed by atoms with Crippen molar-refractivity contribution in [3.63, 3.8) is 0 Å². The van der Waals surface area contributed by atoms with Gasteiger partial charge in [-0.25, -0.2) is 9.59 Å². The first-order valence-electron chi connectivity index (χ1n) is 9.91. The first-order valence-corrected chi connectivity index (χ1v) is 9.91. The first-order chi connectivity index (χ1) is 14.4. The van der Waals surface area contributed by atoms with E-state index in [1.807, 2.05) is 50.2 Å². The second-order valence-corrected chi connectivity index (χ2v) is 7.63. The number of benzene rings is 2. The van der Waals surface area contributed by atoms with Crippen molar-refractivity contribution >= 4 is 18.1 Å². The van der Waals surface area contributed by atoms with E-state index in [4.69, 9.17) is 4.74 Å². The van der Waals surface area contributed by atoms with Crippen LogP contribution in [0.3, 0.4) is 0 Å². The fraction of sp³-hybridized carbons (Fsp3) is 0.348. The maximum absolute atomic E-state index is 12.4. The highest BCUT2D eigenvalue weighted by atomic mass is 16.6. The Labute approximate surface area is 175 Å². The third-order valence-corrected chi connectivity index (χ3v) is 5.07. The Hall–Kier alpha value is -3.35. The van der Waals surface area contributed by atoms with Gasteiger partial charge in [-0.15, -0.1) is 0 Å². The number of carbonyl (C=O) groups excluding carboxylic acids is 3. The third-order valence-electron chi connectivity index (χ3n) is 5.07. The average Bonchev–Trinajstić information content (AvgIpc) is 3.05. The van der Waals surface area contributed by atoms with Crippen LogP contribution >= 0.6 is 0 Å². The van der Waals surface area contributed by atoms with E-state index < -0.39 is 24.1 Å². The average molecular weight is 410 g/mol. The number of alkyl carbamates (subject to hydrolysis) is 2. The van der Waals surface area contributed by atoms with E-state index in [2.05, 4.69) is 27.5 Å². The monoisotopic (exact) mass is 410 g/mol. The molecule has 0 aromatic heterocycles. The van der Waals surface area contributed by atoms with Crippen LogP contribution in [-0.4, -0.2) is 37.9 Å². The van der Waals surface area contributed by atoms with Gasteiger partial charge in [-0.05, 0) is 34.6 Å². The van der Waals surface area contributed by atoms with E-state index in [-0.39, 0.29) is 18.4 Å². The lowest BCUT2D eigenvalue weighted by molar-refractivity contribution is -0.122. The summed E-state index contributed by atoms with van der Waals surface area (Å²) in [6.45, 7) is 3.97. The van der Waals surface area contributed by atoms with Crippen LogP contribution in [0.25, 0.3) is 11.1 Å². The molecule has 0 bridgehead atoms. The van der Waals surface area contributed by atoms with Crippen LogP contribution in [0.4, 0.5) is 9.59 Å². The third kappa shape index (κ3) is 4.79. The highest BCUT2D eigenvalue weighted by molar-refractivity contribution is 5.96. The van der Waals surface area contributed by atoms with Crippen LogP contribution in [0.5, 0.6) is 0 Å². The molecule has 30 heavy (non-hydrogen) atoms. The number of hydrogen-bond donors (Lipinski definition) is 2. The van der Waals surface area contributed by atoms with Crippen molar-refractivity contribution in [1.29, 1.82) is 0 Å². The van der Waals surface area contributed by atoms with Crippen LogP contribution in [0.15, 0.2) is 48.5 Å². The minimum atomic E-state index is -0.903. The SMILES string of the molecule is COC(=O)NC(=O)[C@H](CC(C)C)NC(=O)OCC1c2ccccc2-c2ccccc21. The molecule has 3 amide bonds. The number of carbonyl (C=O) groups is 3. The van der Waals surface area contributed by atoms with Crippen molar-refractivity contribution in [3.8, 4) is 11.1 Å². The lowest BCUT2D eigenvalue weighted by Gasteiger charge is -2.20. The number of nitrogens with one attached hydrogen (secondary N) is 2. The van der Waals surface area contributed by atoms with Crippen LogP contribution < -0.4 is 10.6 Å². The fourth-order valence-electron chi connectivity index (χ4n) is 3.72. The van der Waals surface area contributed by atoms with Gasteiger partial charge in [-0.2, -0.15) is 0 Å². The summed E-state index contributed by atoms with van der Waals surface area (Å²) in [5, 5.41) is 4.66. The Kier molecular flexibility index (Phi) is 6.72. The van der Waals surface area contributed by atoms with Crippen molar-refractivity contribution < 1.29 is 23.9 Å². The standard InChI is InChI=1S/C23H26N2O5/c1-14(2)12-20(21(26)25-22(27)29-3)24-23(28)30-13-19-17-10-6-4-8-15(17)16-9-5-7-11-18(16)19/h4-11,14,19-20H,12-13H2,1-3H3,(H,24,28)(H,25,26,27)/t20-/m0/s1. The predicted molar refractivity (Wildman–Crippen MR) is 112 cm³/mol. The molecule has 2 aromatic carbocycles. The molecule has 0 spiro atoms. The van der Waals surface area contributed by atoms with E-state index >= 15 is 0 Å². The molecule has 7 heteroatoms. The second kappa shape index (κ2) is 9.43. The number of ether oxygens (including phenoxy) is 2. The summed E-state index contributed by atoms with van der Waals surface area (Å²) in [6.07, 6.45) is -1.22. The summed E-state index contributed by atoms with van der Waals surface area (Å²) in [5.41, 5.74) is 4.48. The molecule has 1 aliphatic rings. The zero-order valence-electron chi connectivity index (χ0n) is 17.3. The Morgan fingerprint density at radius 1 is 0.933 bits per heavy atom. The topological polar surface area (TPSA) is 93.7 Å². The van der Waals surface area contributed by atoms with Gasteiger partial charge in [0.25, 0.3) is 5.91 Å². The maximum Gasteiger partial charge on any atom is 0.413 e. The van der Waals surface area contributed by atoms with Gasteiger partial charge in [0.05, 0.1) is 7.11 Å². The normalized spacial score (nSPS) is 13.2. The van der Waals surface area contributed by atoms with Gasteiger partial charge in [-0.1, -0.05) is 62.4 Å². The molecule has 2 N–H and O–H groups in total. The summed E-state index contributed by atoms with van der Waals surface area (Å²) in [4.78, 5) is 36.1. The van der Waals surface area contributed by atoms with E-state index in [1.165, 1.54) is 7.11 Å². The summed E-state index contributed by atoms with van der Waals surface area (Å²) in [6, 6.07) is 15.2. The lowest BCUT2D eigenvalue weighted by Crippen LogP contribution is -2.49. The van der Waals surface area contributed by atoms with Gasteiger partial charge in [-0.3, -0.25) is 10.1 Å². The molecule has 0 saturated carbocycles. The van der Waals surface area contributed by atoms with Crippen molar-refractivity contribution in [2.24, 2.45) is 5.92 Å². The van der Waals surface area contributed by atoms with Gasteiger partial charge < -0.3 is 14.8 Å². The molecule has 0 unspecified atom stereocenters. The van der Waals surface area contributed by atoms with E-state index in [0.29, 0.717) is 6.42 Å². The van der Waals surface area contributed by atoms with Crippen molar-refractivity contribution in [2.45, 2.75) is 32.2 Å². The number of rotatable bonds is 6. The molecule has 0 radical (unpaired) electrons. The first kappa shape index (κ1) is 21.4. The van der Waals surface area contributed by atoms with Gasteiger partial charge in [0.2, 0.25) is 0 Å². The molecule has 7 nitrogen and oxygen atoms in total. The van der Waals surface area contributed by atoms with E-state index in [1.54, 1.807) is 0 Å². The maximum atomic E-state index is 12.4. The fourth-order valence-corrected chi connectivity index (χ4v) is 3.72. The zero-order valence-corrected chi connectivity index (χ0v) is 17.3. The van der Waals surface area contributed by atoms with E-state index in [0.717, 1.165) is 22.3 Å². The molecule has 1 atom stereocenters. The second-order valence-electron chi connectivity index (χ2n) is 7.63. The molecule has 0 fully saturated rings. The number of fused-ring (bicyclic) bond motifs is 3. The molecule has 1 aliphatic carbocycles. The molecule has 0 aliphatic heterocycles. The summed E-state index contributed by atoms with van der Waals surface area (Å²) in [7, 11) is 1.17. The Morgan fingerprint density at radius 3 is 2.03 bits per heavy atom. The minimum absolute atomic E-state index is 0.0735. The van der Waals surface area contributed by atoms with Crippen molar-refractivity contribution in [1.82, 2.24) is 10.6 Å². The molecule has 0 saturated heterocycles. The molecule has 158 valence electrons. The minimum Gasteiger partial charge on any atom is -0.453 e.